The van der Waals surface area contributed by atoms with Crippen molar-refractivity contribution in [3.05, 3.63) is 36.2 Å². The number of hydrogen-bond donors (Lipinski definition) is 1. The molecule has 0 spiro atoms. The van der Waals surface area contributed by atoms with E-state index in [0.29, 0.717) is 12.2 Å². The van der Waals surface area contributed by atoms with E-state index in [1.807, 2.05) is 30.3 Å². The molecular weight excluding hydrogens is 266 g/mol. The Hall–Kier alpha value is -1.73. The molecule has 6 nitrogen and oxygen atoms in total. The minimum Gasteiger partial charge on any atom is -0.338 e. The maximum Gasteiger partial charge on any atom is 0.242 e. The smallest absolute Gasteiger partial charge is 0.242 e. The van der Waals surface area contributed by atoms with Crippen LogP contribution in [0.4, 0.5) is 0 Å². The van der Waals surface area contributed by atoms with Crippen molar-refractivity contribution in [1.82, 2.24) is 14.9 Å². The minimum atomic E-state index is -3.26. The fourth-order valence-electron chi connectivity index (χ4n) is 1.54. The third-order valence-electron chi connectivity index (χ3n) is 2.42. The molecule has 1 aromatic carbocycles. The summed E-state index contributed by atoms with van der Waals surface area (Å²) in [4.78, 5) is 4.14. The molecule has 0 saturated carbocycles. The molecule has 102 valence electrons. The SMILES string of the molecule is CCCS(=O)(=O)NCc1nc(-c2ccccc2)no1. The van der Waals surface area contributed by atoms with E-state index >= 15 is 0 Å². The molecule has 0 aliphatic carbocycles. The van der Waals surface area contributed by atoms with E-state index < -0.39 is 10.0 Å². The van der Waals surface area contributed by atoms with Gasteiger partial charge in [0.1, 0.15) is 0 Å². The Labute approximate surface area is 111 Å². The Kier molecular flexibility index (Phi) is 4.28. The molecule has 0 bridgehead atoms. The van der Waals surface area contributed by atoms with E-state index in [9.17, 15) is 8.42 Å². The molecule has 0 unspecified atom stereocenters. The standard InChI is InChI=1S/C12H15N3O3S/c1-2-8-19(16,17)13-9-11-14-12(15-18-11)10-6-4-3-5-7-10/h3-7,13H,2,8-9H2,1H3. The van der Waals surface area contributed by atoms with Gasteiger partial charge in [-0.15, -0.1) is 0 Å². The molecule has 1 N–H and O–H groups in total. The van der Waals surface area contributed by atoms with Crippen molar-refractivity contribution < 1.29 is 12.9 Å². The number of aromatic nitrogens is 2. The van der Waals surface area contributed by atoms with Gasteiger partial charge < -0.3 is 4.52 Å². The predicted octanol–water partition coefficient (Wildman–Crippen LogP) is 1.57. The second-order valence-electron chi connectivity index (χ2n) is 4.02. The summed E-state index contributed by atoms with van der Waals surface area (Å²) in [7, 11) is -3.26. The summed E-state index contributed by atoms with van der Waals surface area (Å²) in [5.41, 5.74) is 0.828. The predicted molar refractivity (Wildman–Crippen MR) is 70.7 cm³/mol. The fourth-order valence-corrected chi connectivity index (χ4v) is 2.57. The summed E-state index contributed by atoms with van der Waals surface area (Å²) in [6.07, 6.45) is 0.564. The summed E-state index contributed by atoms with van der Waals surface area (Å²) >= 11 is 0. The fraction of sp³-hybridized carbons (Fsp3) is 0.333. The Morgan fingerprint density at radius 2 is 2.00 bits per heavy atom. The molecule has 7 heteroatoms. The Bertz CT molecular complexity index is 623. The van der Waals surface area contributed by atoms with E-state index in [1.165, 1.54) is 0 Å². The van der Waals surface area contributed by atoms with Gasteiger partial charge in [0.15, 0.2) is 0 Å². The van der Waals surface area contributed by atoms with Gasteiger partial charge in [0.25, 0.3) is 0 Å². The first kappa shape index (κ1) is 13.7. The van der Waals surface area contributed by atoms with Gasteiger partial charge in [0.05, 0.1) is 12.3 Å². The third kappa shape index (κ3) is 3.87. The lowest BCUT2D eigenvalue weighted by Crippen LogP contribution is -2.25. The van der Waals surface area contributed by atoms with Gasteiger partial charge in [-0.3, -0.25) is 0 Å². The first-order valence-electron chi connectivity index (χ1n) is 5.96. The quantitative estimate of drug-likeness (QED) is 0.868. The first-order valence-corrected chi connectivity index (χ1v) is 7.61. The van der Waals surface area contributed by atoms with Crippen LogP contribution < -0.4 is 4.72 Å². The molecule has 0 fully saturated rings. The number of nitrogens with one attached hydrogen (secondary N) is 1. The van der Waals surface area contributed by atoms with Crippen LogP contribution in [0, 0.1) is 0 Å². The molecule has 0 radical (unpaired) electrons. The molecule has 1 heterocycles. The highest BCUT2D eigenvalue weighted by Gasteiger charge is 2.12. The van der Waals surface area contributed by atoms with Crippen LogP contribution in [-0.4, -0.2) is 24.3 Å². The van der Waals surface area contributed by atoms with Gasteiger partial charge in [0.2, 0.25) is 21.7 Å². The molecule has 2 rings (SSSR count). The normalized spacial score (nSPS) is 11.6. The second-order valence-corrected chi connectivity index (χ2v) is 5.94. The summed E-state index contributed by atoms with van der Waals surface area (Å²) in [6.45, 7) is 1.82. The number of nitrogens with zero attached hydrogens (tertiary/aromatic N) is 2. The molecule has 0 aliphatic heterocycles. The van der Waals surface area contributed by atoms with Crippen LogP contribution in [0.15, 0.2) is 34.9 Å². The summed E-state index contributed by atoms with van der Waals surface area (Å²) in [5, 5.41) is 3.81. The monoisotopic (exact) mass is 281 g/mol. The zero-order chi connectivity index (χ0) is 13.7. The summed E-state index contributed by atoms with van der Waals surface area (Å²) in [5.74, 6) is 0.788. The first-order chi connectivity index (χ1) is 9.11. The summed E-state index contributed by atoms with van der Waals surface area (Å²) < 4.78 is 30.4. The average Bonchev–Trinajstić information content (AvgIpc) is 2.86. The van der Waals surface area contributed by atoms with Crippen molar-refractivity contribution in [3.63, 3.8) is 0 Å². The van der Waals surface area contributed by atoms with Gasteiger partial charge in [-0.2, -0.15) is 4.98 Å². The van der Waals surface area contributed by atoms with E-state index in [1.54, 1.807) is 6.92 Å². The highest BCUT2D eigenvalue weighted by molar-refractivity contribution is 7.89. The van der Waals surface area contributed by atoms with Crippen LogP contribution >= 0.6 is 0 Å². The van der Waals surface area contributed by atoms with Crippen LogP contribution in [0.2, 0.25) is 0 Å². The lowest BCUT2D eigenvalue weighted by atomic mass is 10.2. The van der Waals surface area contributed by atoms with Gasteiger partial charge in [0, 0.05) is 5.56 Å². The van der Waals surface area contributed by atoms with Gasteiger partial charge >= 0.3 is 0 Å². The van der Waals surface area contributed by atoms with E-state index in [4.69, 9.17) is 4.52 Å². The van der Waals surface area contributed by atoms with Crippen molar-refractivity contribution >= 4 is 10.0 Å². The van der Waals surface area contributed by atoms with Crippen molar-refractivity contribution in [2.24, 2.45) is 0 Å². The average molecular weight is 281 g/mol. The van der Waals surface area contributed by atoms with Crippen molar-refractivity contribution in [2.45, 2.75) is 19.9 Å². The lowest BCUT2D eigenvalue weighted by Gasteiger charge is -2.01. The third-order valence-corrected chi connectivity index (χ3v) is 3.95. The zero-order valence-corrected chi connectivity index (χ0v) is 11.4. The Morgan fingerprint density at radius 3 is 2.68 bits per heavy atom. The van der Waals surface area contributed by atoms with Crippen LogP contribution in [0.5, 0.6) is 0 Å². The number of rotatable bonds is 6. The van der Waals surface area contributed by atoms with Crippen LogP contribution in [0.25, 0.3) is 11.4 Å². The van der Waals surface area contributed by atoms with Crippen LogP contribution in [-0.2, 0) is 16.6 Å². The van der Waals surface area contributed by atoms with Gasteiger partial charge in [-0.1, -0.05) is 42.4 Å². The lowest BCUT2D eigenvalue weighted by molar-refractivity contribution is 0.376. The number of hydrogen-bond acceptors (Lipinski definition) is 5. The van der Waals surface area contributed by atoms with E-state index in [2.05, 4.69) is 14.9 Å². The Balaban J connectivity index is 2.03. The number of benzene rings is 1. The highest BCUT2D eigenvalue weighted by atomic mass is 32.2. The molecule has 2 aromatic rings. The maximum atomic E-state index is 11.5. The molecule has 0 atom stereocenters. The van der Waals surface area contributed by atoms with Crippen molar-refractivity contribution in [3.8, 4) is 11.4 Å². The van der Waals surface area contributed by atoms with Crippen LogP contribution in [0.3, 0.4) is 0 Å². The molecular formula is C12H15N3O3S. The van der Waals surface area contributed by atoms with Crippen LogP contribution in [0.1, 0.15) is 19.2 Å². The van der Waals surface area contributed by atoms with Crippen molar-refractivity contribution in [2.75, 3.05) is 5.75 Å². The summed E-state index contributed by atoms with van der Waals surface area (Å²) in [6, 6.07) is 9.35. The Morgan fingerprint density at radius 1 is 1.26 bits per heavy atom. The zero-order valence-electron chi connectivity index (χ0n) is 10.5. The molecule has 1 aromatic heterocycles. The van der Waals surface area contributed by atoms with Crippen molar-refractivity contribution in [1.29, 1.82) is 0 Å². The number of sulfonamides is 1. The second kappa shape index (κ2) is 5.94. The van der Waals surface area contributed by atoms with E-state index in [0.717, 1.165) is 5.56 Å². The molecule has 0 amide bonds. The topological polar surface area (TPSA) is 85.1 Å². The largest absolute Gasteiger partial charge is 0.338 e. The molecule has 19 heavy (non-hydrogen) atoms. The maximum absolute atomic E-state index is 11.5. The molecule has 0 saturated heterocycles. The highest BCUT2D eigenvalue weighted by Crippen LogP contribution is 2.14. The van der Waals surface area contributed by atoms with Gasteiger partial charge in [-0.05, 0) is 6.42 Å². The molecule has 0 aliphatic rings. The van der Waals surface area contributed by atoms with E-state index in [-0.39, 0.29) is 18.2 Å². The minimum absolute atomic E-state index is 0.0160. The van der Waals surface area contributed by atoms with Gasteiger partial charge in [-0.25, -0.2) is 13.1 Å².